The van der Waals surface area contributed by atoms with Gasteiger partial charge in [0.2, 0.25) is 5.88 Å². The summed E-state index contributed by atoms with van der Waals surface area (Å²) >= 11 is 0. The lowest BCUT2D eigenvalue weighted by Crippen LogP contribution is -2.35. The largest absolute Gasteiger partial charge is 0.477 e. The van der Waals surface area contributed by atoms with Crippen LogP contribution in [0.15, 0.2) is 16.9 Å². The van der Waals surface area contributed by atoms with E-state index < -0.39 is 0 Å². The van der Waals surface area contributed by atoms with Crippen molar-refractivity contribution < 1.29 is 9.26 Å². The molecule has 2 aromatic heterocycles. The van der Waals surface area contributed by atoms with Gasteiger partial charge in [0, 0.05) is 24.1 Å². The maximum Gasteiger partial charge on any atom is 0.216 e. The lowest BCUT2D eigenvalue weighted by Gasteiger charge is -2.31. The smallest absolute Gasteiger partial charge is 0.216 e. The van der Waals surface area contributed by atoms with Gasteiger partial charge in [0.05, 0.1) is 18.0 Å². The Morgan fingerprint density at radius 3 is 2.62 bits per heavy atom. The van der Waals surface area contributed by atoms with Gasteiger partial charge in [-0.1, -0.05) is 11.6 Å². The molecule has 2 fully saturated rings. The molecule has 6 heteroatoms. The van der Waals surface area contributed by atoms with Crippen molar-refractivity contribution in [2.24, 2.45) is 5.92 Å². The zero-order valence-corrected chi connectivity index (χ0v) is 15.8. The molecule has 6 nitrogen and oxygen atoms in total. The van der Waals surface area contributed by atoms with Crippen molar-refractivity contribution in [2.45, 2.75) is 58.4 Å². The molecule has 2 aromatic rings. The number of hydrogen-bond acceptors (Lipinski definition) is 6. The van der Waals surface area contributed by atoms with Gasteiger partial charge in [-0.3, -0.25) is 4.90 Å². The molecule has 0 aromatic carbocycles. The van der Waals surface area contributed by atoms with Gasteiger partial charge in [-0.2, -0.15) is 0 Å². The van der Waals surface area contributed by atoms with Crippen LogP contribution in [0.25, 0.3) is 0 Å². The van der Waals surface area contributed by atoms with E-state index in [2.05, 4.69) is 20.0 Å². The second-order valence-corrected chi connectivity index (χ2v) is 7.74. The Bertz CT molecular complexity index is 714. The van der Waals surface area contributed by atoms with E-state index in [4.69, 9.17) is 9.26 Å². The Labute approximate surface area is 154 Å². The molecule has 4 rings (SSSR count). The van der Waals surface area contributed by atoms with Crippen LogP contribution in [0.1, 0.15) is 60.7 Å². The van der Waals surface area contributed by atoms with Crippen LogP contribution in [-0.4, -0.2) is 39.7 Å². The number of likely N-dealkylation sites (tertiary alicyclic amines) is 1. The Morgan fingerprint density at radius 2 is 1.96 bits per heavy atom. The van der Waals surface area contributed by atoms with Crippen LogP contribution >= 0.6 is 0 Å². The van der Waals surface area contributed by atoms with Gasteiger partial charge in [-0.05, 0) is 58.5 Å². The molecular formula is C20H28N4O2. The predicted molar refractivity (Wildman–Crippen MR) is 98.1 cm³/mol. The first-order valence-corrected chi connectivity index (χ1v) is 9.78. The lowest BCUT2D eigenvalue weighted by molar-refractivity contribution is 0.134. The van der Waals surface area contributed by atoms with E-state index in [1.165, 1.54) is 24.8 Å². The van der Waals surface area contributed by atoms with Gasteiger partial charge in [-0.15, -0.1) is 0 Å². The van der Waals surface area contributed by atoms with E-state index in [0.29, 0.717) is 11.8 Å². The van der Waals surface area contributed by atoms with Crippen molar-refractivity contribution in [2.75, 3.05) is 19.7 Å². The van der Waals surface area contributed by atoms with Gasteiger partial charge in [0.1, 0.15) is 12.1 Å². The van der Waals surface area contributed by atoms with Gasteiger partial charge >= 0.3 is 0 Å². The molecule has 0 atom stereocenters. The molecule has 1 aliphatic heterocycles. The summed E-state index contributed by atoms with van der Waals surface area (Å²) in [7, 11) is 0. The average Bonchev–Trinajstić information content (AvgIpc) is 2.92. The third-order valence-electron chi connectivity index (χ3n) is 5.92. The normalized spacial score (nSPS) is 19.5. The predicted octanol–water partition coefficient (Wildman–Crippen LogP) is 3.64. The highest BCUT2D eigenvalue weighted by Gasteiger charge is 2.23. The molecule has 0 unspecified atom stereocenters. The molecular weight excluding hydrogens is 328 g/mol. The van der Waals surface area contributed by atoms with Crippen molar-refractivity contribution in [3.63, 3.8) is 0 Å². The fourth-order valence-corrected chi connectivity index (χ4v) is 3.83. The molecule has 2 aliphatic rings. The Hall–Kier alpha value is -1.95. The number of ether oxygens (including phenoxy) is 1. The first-order chi connectivity index (χ1) is 12.7. The maximum absolute atomic E-state index is 5.99. The molecule has 0 amide bonds. The minimum atomic E-state index is 0.595. The van der Waals surface area contributed by atoms with Crippen molar-refractivity contribution >= 4 is 0 Å². The summed E-state index contributed by atoms with van der Waals surface area (Å²) in [5.41, 5.74) is 3.40. The molecule has 1 saturated carbocycles. The second-order valence-electron chi connectivity index (χ2n) is 7.74. The molecule has 0 spiro atoms. The van der Waals surface area contributed by atoms with E-state index >= 15 is 0 Å². The summed E-state index contributed by atoms with van der Waals surface area (Å²) in [5.74, 6) is 2.89. The first kappa shape index (κ1) is 17.5. The minimum Gasteiger partial charge on any atom is -0.477 e. The fraction of sp³-hybridized carbons (Fsp3) is 0.650. The highest BCUT2D eigenvalue weighted by Crippen LogP contribution is 2.35. The number of aromatic nitrogens is 3. The number of piperidine rings is 1. The second kappa shape index (κ2) is 7.74. The van der Waals surface area contributed by atoms with E-state index in [-0.39, 0.29) is 0 Å². The van der Waals surface area contributed by atoms with Gasteiger partial charge in [-0.25, -0.2) is 9.97 Å². The molecule has 0 bridgehead atoms. The molecule has 3 heterocycles. The van der Waals surface area contributed by atoms with Crippen LogP contribution in [0.2, 0.25) is 0 Å². The number of hydrogen-bond donors (Lipinski definition) is 0. The van der Waals surface area contributed by atoms with Crippen molar-refractivity contribution in [1.82, 2.24) is 20.0 Å². The van der Waals surface area contributed by atoms with E-state index in [9.17, 15) is 0 Å². The highest BCUT2D eigenvalue weighted by molar-refractivity contribution is 5.20. The third-order valence-corrected chi connectivity index (χ3v) is 5.92. The van der Waals surface area contributed by atoms with Crippen molar-refractivity contribution in [1.29, 1.82) is 0 Å². The minimum absolute atomic E-state index is 0.595. The topological polar surface area (TPSA) is 64.3 Å². The van der Waals surface area contributed by atoms with Crippen LogP contribution in [-0.2, 0) is 6.54 Å². The molecule has 140 valence electrons. The summed E-state index contributed by atoms with van der Waals surface area (Å²) < 4.78 is 11.3. The SMILES string of the molecule is Cc1noc(C)c1CN1CCC(COc2cc(C3CCC3)ncn2)CC1. The van der Waals surface area contributed by atoms with Crippen molar-refractivity contribution in [3.05, 3.63) is 35.1 Å². The van der Waals surface area contributed by atoms with Crippen LogP contribution in [0, 0.1) is 19.8 Å². The quantitative estimate of drug-likeness (QED) is 0.787. The van der Waals surface area contributed by atoms with Crippen molar-refractivity contribution in [3.8, 4) is 5.88 Å². The standard InChI is InChI=1S/C20H28N4O2/c1-14-18(15(2)26-23-14)11-24-8-6-16(7-9-24)12-25-20-10-19(21-13-22-20)17-4-3-5-17/h10,13,16-17H,3-9,11-12H2,1-2H3. The molecule has 1 saturated heterocycles. The van der Waals surface area contributed by atoms with E-state index in [1.54, 1.807) is 6.33 Å². The molecule has 26 heavy (non-hydrogen) atoms. The van der Waals surface area contributed by atoms with E-state index in [0.717, 1.165) is 62.1 Å². The van der Waals surface area contributed by atoms with Crippen LogP contribution in [0.5, 0.6) is 5.88 Å². The van der Waals surface area contributed by atoms with Gasteiger partial charge < -0.3 is 9.26 Å². The highest BCUT2D eigenvalue weighted by atomic mass is 16.5. The summed E-state index contributed by atoms with van der Waals surface area (Å²) in [6.45, 7) is 7.89. The average molecular weight is 356 g/mol. The lowest BCUT2D eigenvalue weighted by atomic mass is 9.83. The number of nitrogens with zero attached hydrogens (tertiary/aromatic N) is 4. The Kier molecular flexibility index (Phi) is 5.20. The van der Waals surface area contributed by atoms with Crippen LogP contribution < -0.4 is 4.74 Å². The molecule has 0 N–H and O–H groups in total. The fourth-order valence-electron chi connectivity index (χ4n) is 3.83. The summed E-state index contributed by atoms with van der Waals surface area (Å²) in [5, 5.41) is 4.06. The van der Waals surface area contributed by atoms with Gasteiger partial charge in [0.15, 0.2) is 0 Å². The zero-order chi connectivity index (χ0) is 17.9. The Balaban J connectivity index is 1.24. The Morgan fingerprint density at radius 1 is 1.15 bits per heavy atom. The monoisotopic (exact) mass is 356 g/mol. The summed E-state index contributed by atoms with van der Waals surface area (Å²) in [6.07, 6.45) is 7.78. The first-order valence-electron chi connectivity index (χ1n) is 9.78. The molecule has 0 radical (unpaired) electrons. The number of aryl methyl sites for hydroxylation is 2. The van der Waals surface area contributed by atoms with E-state index in [1.807, 2.05) is 19.9 Å². The summed E-state index contributed by atoms with van der Waals surface area (Å²) in [4.78, 5) is 11.2. The maximum atomic E-state index is 5.99. The van der Waals surface area contributed by atoms with Crippen LogP contribution in [0.3, 0.4) is 0 Å². The zero-order valence-electron chi connectivity index (χ0n) is 15.8. The number of rotatable bonds is 6. The van der Waals surface area contributed by atoms with Gasteiger partial charge in [0.25, 0.3) is 0 Å². The van der Waals surface area contributed by atoms with Crippen LogP contribution in [0.4, 0.5) is 0 Å². The molecule has 1 aliphatic carbocycles. The summed E-state index contributed by atoms with van der Waals surface area (Å²) in [6, 6.07) is 2.04. The third kappa shape index (κ3) is 3.90.